The Morgan fingerprint density at radius 2 is 1.90 bits per heavy atom. The Balaban J connectivity index is 3.27. The Bertz CT molecular complexity index is 469. The highest BCUT2D eigenvalue weighted by atomic mass is 16.5. The first-order valence-electron chi connectivity index (χ1n) is 6.80. The van der Waals surface area contributed by atoms with E-state index in [1.54, 1.807) is 30.9 Å². The third kappa shape index (κ3) is 3.78. The van der Waals surface area contributed by atoms with Crippen molar-refractivity contribution in [1.82, 2.24) is 0 Å². The largest absolute Gasteiger partial charge is 0.494 e. The first kappa shape index (κ1) is 16.1. The van der Waals surface area contributed by atoms with E-state index in [1.165, 1.54) is 0 Å². The minimum absolute atomic E-state index is 0.480. The van der Waals surface area contributed by atoms with Crippen LogP contribution in [0.4, 0.5) is 5.69 Å². The number of rotatable bonds is 7. The van der Waals surface area contributed by atoms with Crippen LogP contribution in [0.5, 0.6) is 11.5 Å². The summed E-state index contributed by atoms with van der Waals surface area (Å²) in [7, 11) is 0. The van der Waals surface area contributed by atoms with Gasteiger partial charge in [0, 0.05) is 6.07 Å². The van der Waals surface area contributed by atoms with Crippen LogP contribution in [-0.4, -0.2) is 30.6 Å². The number of hydrogen-bond donors (Lipinski definition) is 1. The first-order chi connectivity index (χ1) is 9.54. The van der Waals surface area contributed by atoms with Crippen LogP contribution in [0.25, 0.3) is 0 Å². The summed E-state index contributed by atoms with van der Waals surface area (Å²) in [4.78, 5) is 1.60. The molecule has 5 nitrogen and oxygen atoms in total. The van der Waals surface area contributed by atoms with Gasteiger partial charge in [0.05, 0.1) is 25.0 Å². The highest BCUT2D eigenvalue weighted by molar-refractivity contribution is 5.63. The van der Waals surface area contributed by atoms with Crippen LogP contribution >= 0.6 is 0 Å². The standard InChI is InChI=1S/C15H22N2O3/c1-5-19-13-7-8-15(20-6-2)14(9-13)17(12(4)18)11(3)10-16/h7-9,11-12,18H,5-6H2,1-4H3. The van der Waals surface area contributed by atoms with Crippen molar-refractivity contribution in [2.45, 2.75) is 40.0 Å². The maximum atomic E-state index is 9.96. The highest BCUT2D eigenvalue weighted by Gasteiger charge is 2.22. The lowest BCUT2D eigenvalue weighted by atomic mass is 10.2. The maximum absolute atomic E-state index is 9.96. The lowest BCUT2D eigenvalue weighted by Crippen LogP contribution is -2.39. The van der Waals surface area contributed by atoms with Gasteiger partial charge in [-0.1, -0.05) is 0 Å². The summed E-state index contributed by atoms with van der Waals surface area (Å²) in [6, 6.07) is 7.05. The third-order valence-electron chi connectivity index (χ3n) is 2.83. The molecule has 0 aliphatic rings. The summed E-state index contributed by atoms with van der Waals surface area (Å²) in [5.74, 6) is 1.31. The summed E-state index contributed by atoms with van der Waals surface area (Å²) in [6.45, 7) is 8.21. The number of aliphatic hydroxyl groups excluding tert-OH is 1. The number of anilines is 1. The fraction of sp³-hybridized carbons (Fsp3) is 0.533. The van der Waals surface area contributed by atoms with Crippen molar-refractivity contribution in [2.24, 2.45) is 0 Å². The molecule has 0 saturated carbocycles. The molecule has 0 heterocycles. The molecule has 1 aromatic carbocycles. The predicted molar refractivity (Wildman–Crippen MR) is 78.0 cm³/mol. The molecule has 0 fully saturated rings. The van der Waals surface area contributed by atoms with Gasteiger partial charge >= 0.3 is 0 Å². The summed E-state index contributed by atoms with van der Waals surface area (Å²) < 4.78 is 11.1. The minimum atomic E-state index is -0.805. The average Bonchev–Trinajstić information content (AvgIpc) is 2.41. The van der Waals surface area contributed by atoms with Gasteiger partial charge in [0.2, 0.25) is 0 Å². The minimum Gasteiger partial charge on any atom is -0.494 e. The van der Waals surface area contributed by atoms with Gasteiger partial charge in [-0.2, -0.15) is 5.26 Å². The van der Waals surface area contributed by atoms with Crippen LogP contribution in [0.15, 0.2) is 18.2 Å². The second-order valence-corrected chi connectivity index (χ2v) is 4.34. The Labute approximate surface area is 120 Å². The third-order valence-corrected chi connectivity index (χ3v) is 2.83. The van der Waals surface area contributed by atoms with Crippen molar-refractivity contribution in [3.8, 4) is 17.6 Å². The molecule has 2 atom stereocenters. The molecule has 110 valence electrons. The van der Waals surface area contributed by atoms with E-state index < -0.39 is 12.3 Å². The number of nitrogens with zero attached hydrogens (tertiary/aromatic N) is 2. The fourth-order valence-corrected chi connectivity index (χ4v) is 2.03. The molecule has 0 bridgehead atoms. The van der Waals surface area contributed by atoms with Gasteiger partial charge in [-0.3, -0.25) is 0 Å². The Kier molecular flexibility index (Phi) is 6.13. The smallest absolute Gasteiger partial charge is 0.142 e. The van der Waals surface area contributed by atoms with Crippen LogP contribution < -0.4 is 14.4 Å². The van der Waals surface area contributed by atoms with Gasteiger partial charge in [-0.15, -0.1) is 0 Å². The zero-order valence-electron chi connectivity index (χ0n) is 12.5. The summed E-state index contributed by atoms with van der Waals surface area (Å²) >= 11 is 0. The molecule has 0 aliphatic heterocycles. The summed E-state index contributed by atoms with van der Waals surface area (Å²) in [5, 5.41) is 19.1. The van der Waals surface area contributed by atoms with Crippen LogP contribution in [0.1, 0.15) is 27.7 Å². The van der Waals surface area contributed by atoms with E-state index in [0.717, 1.165) is 0 Å². The van der Waals surface area contributed by atoms with Crippen LogP contribution in [0, 0.1) is 11.3 Å². The number of ether oxygens (including phenoxy) is 2. The van der Waals surface area contributed by atoms with Crippen molar-refractivity contribution in [3.63, 3.8) is 0 Å². The monoisotopic (exact) mass is 278 g/mol. The van der Waals surface area contributed by atoms with Gasteiger partial charge < -0.3 is 19.5 Å². The maximum Gasteiger partial charge on any atom is 0.142 e. The zero-order chi connectivity index (χ0) is 15.1. The predicted octanol–water partition coefficient (Wildman–Crippen LogP) is 2.54. The van der Waals surface area contributed by atoms with Crippen LogP contribution in [-0.2, 0) is 0 Å². The molecular formula is C15H22N2O3. The van der Waals surface area contributed by atoms with Crippen molar-refractivity contribution in [3.05, 3.63) is 18.2 Å². The lowest BCUT2D eigenvalue weighted by molar-refractivity contribution is 0.182. The second-order valence-electron chi connectivity index (χ2n) is 4.34. The Hall–Kier alpha value is -1.93. The summed E-state index contributed by atoms with van der Waals surface area (Å²) in [6.07, 6.45) is -0.805. The quantitative estimate of drug-likeness (QED) is 0.776. The molecule has 1 aromatic rings. The van der Waals surface area contributed by atoms with Gasteiger partial charge in [0.25, 0.3) is 0 Å². The zero-order valence-corrected chi connectivity index (χ0v) is 12.5. The molecule has 0 spiro atoms. The van der Waals surface area contributed by atoms with Gasteiger partial charge in [0.15, 0.2) is 0 Å². The van der Waals surface area contributed by atoms with E-state index in [-0.39, 0.29) is 0 Å². The van der Waals surface area contributed by atoms with E-state index in [9.17, 15) is 5.11 Å². The molecule has 0 radical (unpaired) electrons. The average molecular weight is 278 g/mol. The molecule has 20 heavy (non-hydrogen) atoms. The van der Waals surface area contributed by atoms with Crippen molar-refractivity contribution >= 4 is 5.69 Å². The topological polar surface area (TPSA) is 65.7 Å². The first-order valence-corrected chi connectivity index (χ1v) is 6.80. The Morgan fingerprint density at radius 1 is 1.25 bits per heavy atom. The van der Waals surface area contributed by atoms with Gasteiger partial charge in [-0.05, 0) is 39.8 Å². The molecular weight excluding hydrogens is 256 g/mol. The Morgan fingerprint density at radius 3 is 2.40 bits per heavy atom. The molecule has 2 unspecified atom stereocenters. The van der Waals surface area contributed by atoms with Gasteiger partial charge in [-0.25, -0.2) is 0 Å². The molecule has 1 rings (SSSR count). The molecule has 0 aliphatic carbocycles. The van der Waals surface area contributed by atoms with Crippen LogP contribution in [0.3, 0.4) is 0 Å². The van der Waals surface area contributed by atoms with E-state index >= 15 is 0 Å². The van der Waals surface area contributed by atoms with Crippen molar-refractivity contribution < 1.29 is 14.6 Å². The highest BCUT2D eigenvalue weighted by Crippen LogP contribution is 2.34. The van der Waals surface area contributed by atoms with E-state index in [2.05, 4.69) is 6.07 Å². The SMILES string of the molecule is CCOc1ccc(OCC)c(N(C(C)O)C(C)C#N)c1. The van der Waals surface area contributed by atoms with Gasteiger partial charge in [0.1, 0.15) is 23.8 Å². The normalized spacial score (nSPS) is 13.2. The van der Waals surface area contributed by atoms with Crippen molar-refractivity contribution in [2.75, 3.05) is 18.1 Å². The molecule has 1 N–H and O–H groups in total. The molecule has 0 aromatic heterocycles. The number of nitriles is 1. The lowest BCUT2D eigenvalue weighted by Gasteiger charge is -2.31. The number of aliphatic hydroxyl groups is 1. The second kappa shape index (κ2) is 7.61. The number of hydrogen-bond acceptors (Lipinski definition) is 5. The number of benzene rings is 1. The molecule has 5 heteroatoms. The van der Waals surface area contributed by atoms with E-state index in [1.807, 2.05) is 19.9 Å². The van der Waals surface area contributed by atoms with E-state index in [0.29, 0.717) is 30.4 Å². The summed E-state index contributed by atoms with van der Waals surface area (Å²) in [5.41, 5.74) is 0.654. The molecule has 0 saturated heterocycles. The molecule has 0 amide bonds. The fourth-order valence-electron chi connectivity index (χ4n) is 2.03. The van der Waals surface area contributed by atoms with E-state index in [4.69, 9.17) is 14.7 Å². The van der Waals surface area contributed by atoms with Crippen LogP contribution in [0.2, 0.25) is 0 Å². The van der Waals surface area contributed by atoms with Crippen molar-refractivity contribution in [1.29, 1.82) is 5.26 Å².